The molecule has 0 amide bonds. The van der Waals surface area contributed by atoms with Crippen LogP contribution in [-0.4, -0.2) is 79.5 Å². The largest absolute Gasteiger partial charge is 0.305 e. The lowest BCUT2D eigenvalue weighted by atomic mass is 9.92. The van der Waals surface area contributed by atoms with Crippen LogP contribution in [0.2, 0.25) is 0 Å². The number of carbonyl (C=O) groups is 1. The summed E-state index contributed by atoms with van der Waals surface area (Å²) >= 11 is 0. The maximum atomic E-state index is 13.0. The Labute approximate surface area is 133 Å². The third-order valence-corrected chi connectivity index (χ3v) is 4.47. The Morgan fingerprint density at radius 3 is 1.73 bits per heavy atom. The molecule has 2 aliphatic rings. The molecule has 2 fully saturated rings. The van der Waals surface area contributed by atoms with Crippen molar-refractivity contribution in [1.82, 2.24) is 20.8 Å². The molecule has 0 bridgehead atoms. The third kappa shape index (κ3) is 3.84. The van der Waals surface area contributed by atoms with E-state index in [2.05, 4.69) is 10.6 Å². The van der Waals surface area contributed by atoms with Crippen LogP contribution in [0.3, 0.4) is 0 Å². The summed E-state index contributed by atoms with van der Waals surface area (Å²) in [6, 6.07) is -0.390. The van der Waals surface area contributed by atoms with Crippen LogP contribution in [0.5, 0.6) is 0 Å². The van der Waals surface area contributed by atoms with E-state index in [4.69, 9.17) is 9.68 Å². The van der Waals surface area contributed by atoms with Crippen molar-refractivity contribution in [2.24, 2.45) is 0 Å². The number of nitrogens with one attached hydrogen (secondary N) is 2. The van der Waals surface area contributed by atoms with Gasteiger partial charge in [-0.05, 0) is 27.7 Å². The first-order chi connectivity index (χ1) is 10.6. The number of hydrogen-bond acceptors (Lipinski definition) is 7. The minimum Gasteiger partial charge on any atom is -0.305 e. The molecule has 128 valence electrons. The lowest BCUT2D eigenvalue weighted by Gasteiger charge is -2.43. The number of Topliss-reactive ketones (excluding diaryl/α,β-unsaturated/α-hetero) is 1. The fourth-order valence-corrected chi connectivity index (χ4v) is 3.31. The van der Waals surface area contributed by atoms with Crippen LogP contribution in [0.1, 0.15) is 27.7 Å². The zero-order chi connectivity index (χ0) is 16.1. The van der Waals surface area contributed by atoms with Crippen LogP contribution in [0.25, 0.3) is 0 Å². The standard InChI is InChI=1S/C15H30N4O3/c1-5-21-18-9-7-16-13(11(18)3)15(20)14-12(4)19(22-6-2)10-8-17-14/h11-14,16-17H,5-10H2,1-4H3. The molecule has 0 spiro atoms. The van der Waals surface area contributed by atoms with Crippen molar-refractivity contribution < 1.29 is 14.5 Å². The van der Waals surface area contributed by atoms with Crippen molar-refractivity contribution >= 4 is 5.78 Å². The van der Waals surface area contributed by atoms with Gasteiger partial charge in [-0.15, -0.1) is 0 Å². The van der Waals surface area contributed by atoms with Gasteiger partial charge in [-0.3, -0.25) is 14.5 Å². The van der Waals surface area contributed by atoms with Gasteiger partial charge in [-0.2, -0.15) is 10.1 Å². The van der Waals surface area contributed by atoms with E-state index in [1.165, 1.54) is 0 Å². The van der Waals surface area contributed by atoms with Crippen LogP contribution in [-0.2, 0) is 14.5 Å². The van der Waals surface area contributed by atoms with Crippen molar-refractivity contribution in [3.63, 3.8) is 0 Å². The van der Waals surface area contributed by atoms with Crippen LogP contribution in [0.15, 0.2) is 0 Å². The van der Waals surface area contributed by atoms with Gasteiger partial charge < -0.3 is 10.6 Å². The fourth-order valence-electron chi connectivity index (χ4n) is 3.31. The molecule has 0 radical (unpaired) electrons. The first-order valence-electron chi connectivity index (χ1n) is 8.39. The van der Waals surface area contributed by atoms with Crippen molar-refractivity contribution in [1.29, 1.82) is 0 Å². The van der Waals surface area contributed by atoms with Crippen LogP contribution >= 0.6 is 0 Å². The summed E-state index contributed by atoms with van der Waals surface area (Å²) < 4.78 is 0. The molecule has 2 saturated heterocycles. The van der Waals surface area contributed by atoms with Gasteiger partial charge in [-0.1, -0.05) is 0 Å². The van der Waals surface area contributed by atoms with Gasteiger partial charge in [0.05, 0.1) is 37.4 Å². The molecule has 0 aliphatic carbocycles. The highest BCUT2D eigenvalue weighted by Crippen LogP contribution is 2.17. The monoisotopic (exact) mass is 314 g/mol. The molecule has 2 N–H and O–H groups in total. The van der Waals surface area contributed by atoms with Gasteiger partial charge in [-0.25, -0.2) is 0 Å². The highest BCUT2D eigenvalue weighted by molar-refractivity contribution is 5.90. The van der Waals surface area contributed by atoms with Gasteiger partial charge in [0.15, 0.2) is 5.78 Å². The lowest BCUT2D eigenvalue weighted by Crippen LogP contribution is -2.67. The molecule has 0 aromatic carbocycles. The Balaban J connectivity index is 2.02. The second-order valence-electron chi connectivity index (χ2n) is 5.86. The van der Waals surface area contributed by atoms with E-state index in [9.17, 15) is 4.79 Å². The average molecular weight is 314 g/mol. The number of hydrogen-bond donors (Lipinski definition) is 2. The molecule has 0 aromatic rings. The predicted octanol–water partition coefficient (Wildman–Crippen LogP) is -0.217. The summed E-state index contributed by atoms with van der Waals surface area (Å²) in [5, 5.41) is 10.5. The minimum absolute atomic E-state index is 0.0256. The maximum absolute atomic E-state index is 13.0. The number of carbonyl (C=O) groups excluding carboxylic acids is 1. The molecule has 4 atom stereocenters. The van der Waals surface area contributed by atoms with Gasteiger partial charge in [0.2, 0.25) is 0 Å². The zero-order valence-corrected chi connectivity index (χ0v) is 14.2. The Kier molecular flexibility index (Phi) is 6.73. The third-order valence-electron chi connectivity index (χ3n) is 4.47. The fraction of sp³-hybridized carbons (Fsp3) is 0.933. The van der Waals surface area contributed by atoms with Gasteiger partial charge in [0.1, 0.15) is 0 Å². The van der Waals surface area contributed by atoms with Crippen molar-refractivity contribution in [3.05, 3.63) is 0 Å². The molecule has 2 rings (SSSR count). The summed E-state index contributed by atoms with van der Waals surface area (Å²) in [7, 11) is 0. The molecular formula is C15H30N4O3. The molecular weight excluding hydrogens is 284 g/mol. The second-order valence-corrected chi connectivity index (χ2v) is 5.86. The van der Waals surface area contributed by atoms with Crippen LogP contribution in [0, 0.1) is 0 Å². The van der Waals surface area contributed by atoms with Gasteiger partial charge in [0, 0.05) is 26.2 Å². The summed E-state index contributed by atoms with van der Waals surface area (Å²) in [4.78, 5) is 24.3. The van der Waals surface area contributed by atoms with Gasteiger partial charge >= 0.3 is 0 Å². The smallest absolute Gasteiger partial charge is 0.169 e. The summed E-state index contributed by atoms with van der Waals surface area (Å²) in [5.41, 5.74) is 0. The Hall–Kier alpha value is -0.570. The number of nitrogens with zero attached hydrogens (tertiary/aromatic N) is 2. The van der Waals surface area contributed by atoms with E-state index >= 15 is 0 Å². The van der Waals surface area contributed by atoms with Crippen LogP contribution in [0.4, 0.5) is 0 Å². The van der Waals surface area contributed by atoms with Crippen molar-refractivity contribution in [2.45, 2.75) is 51.9 Å². The summed E-state index contributed by atoms with van der Waals surface area (Å²) in [6.45, 7) is 12.4. The maximum Gasteiger partial charge on any atom is 0.169 e. The molecule has 7 nitrogen and oxygen atoms in total. The Bertz CT molecular complexity index is 333. The van der Waals surface area contributed by atoms with E-state index in [1.807, 2.05) is 37.8 Å². The Morgan fingerprint density at radius 1 is 0.955 bits per heavy atom. The topological polar surface area (TPSA) is 66.1 Å². The second kappa shape index (κ2) is 8.33. The highest BCUT2D eigenvalue weighted by atomic mass is 16.7. The molecule has 0 aromatic heterocycles. The van der Waals surface area contributed by atoms with Crippen LogP contribution < -0.4 is 10.6 Å². The van der Waals surface area contributed by atoms with E-state index in [0.717, 1.165) is 26.2 Å². The zero-order valence-electron chi connectivity index (χ0n) is 14.2. The molecule has 22 heavy (non-hydrogen) atoms. The number of ketones is 1. The Morgan fingerprint density at radius 2 is 1.36 bits per heavy atom. The average Bonchev–Trinajstić information content (AvgIpc) is 2.51. The van der Waals surface area contributed by atoms with Crippen molar-refractivity contribution in [3.8, 4) is 0 Å². The summed E-state index contributed by atoms with van der Waals surface area (Å²) in [5.74, 6) is 0.189. The summed E-state index contributed by atoms with van der Waals surface area (Å²) in [6.07, 6.45) is 0. The normalized spacial score (nSPS) is 34.7. The first kappa shape index (κ1) is 17.8. The molecule has 0 saturated carbocycles. The van der Waals surface area contributed by atoms with E-state index in [0.29, 0.717) is 13.2 Å². The SMILES string of the molecule is CCON1CCNC(C(=O)C2NCCN(OCC)C2C)C1C. The van der Waals surface area contributed by atoms with Crippen molar-refractivity contribution in [2.75, 3.05) is 39.4 Å². The minimum atomic E-state index is -0.221. The first-order valence-corrected chi connectivity index (χ1v) is 8.39. The highest BCUT2D eigenvalue weighted by Gasteiger charge is 2.41. The lowest BCUT2D eigenvalue weighted by molar-refractivity contribution is -0.204. The molecule has 7 heteroatoms. The number of rotatable bonds is 6. The quantitative estimate of drug-likeness (QED) is 0.703. The molecule has 2 heterocycles. The van der Waals surface area contributed by atoms with Gasteiger partial charge in [0.25, 0.3) is 0 Å². The van der Waals surface area contributed by atoms with E-state index < -0.39 is 0 Å². The predicted molar refractivity (Wildman–Crippen MR) is 84.2 cm³/mol. The number of hydroxylamine groups is 4. The number of piperazine rings is 2. The van der Waals surface area contributed by atoms with E-state index in [1.54, 1.807) is 0 Å². The molecule has 2 aliphatic heterocycles. The molecule has 4 unspecified atom stereocenters. The van der Waals surface area contributed by atoms with E-state index in [-0.39, 0.29) is 30.0 Å².